The molecule has 1 heterocycles. The third-order valence-corrected chi connectivity index (χ3v) is 3.72. The average molecular weight is 280 g/mol. The van der Waals surface area contributed by atoms with Crippen LogP contribution in [0, 0.1) is 0 Å². The van der Waals surface area contributed by atoms with E-state index >= 15 is 0 Å². The number of benzene rings is 1. The van der Waals surface area contributed by atoms with E-state index in [1.54, 1.807) is 36.3 Å². The molecule has 0 fully saturated rings. The molecule has 0 saturated carbocycles. The number of halogens is 1. The molecular weight excluding hydrogens is 270 g/mol. The van der Waals surface area contributed by atoms with Gasteiger partial charge in [0.05, 0.1) is 10.6 Å². The lowest BCUT2D eigenvalue weighted by Gasteiger charge is -2.04. The minimum atomic E-state index is -1.01. The van der Waals surface area contributed by atoms with Gasteiger partial charge < -0.3 is 5.11 Å². The van der Waals surface area contributed by atoms with Gasteiger partial charge >= 0.3 is 5.97 Å². The van der Waals surface area contributed by atoms with E-state index < -0.39 is 5.97 Å². The van der Waals surface area contributed by atoms with Crippen LogP contribution in [0.25, 0.3) is 0 Å². The molecule has 92 valence electrons. The average Bonchev–Trinajstić information content (AvgIpc) is 2.38. The van der Waals surface area contributed by atoms with Gasteiger partial charge in [-0.05, 0) is 35.9 Å². The van der Waals surface area contributed by atoms with Gasteiger partial charge in [0.1, 0.15) is 0 Å². The van der Waals surface area contributed by atoms with Crippen LogP contribution in [0.4, 0.5) is 0 Å². The van der Waals surface area contributed by atoms with Gasteiger partial charge in [-0.1, -0.05) is 11.6 Å². The summed E-state index contributed by atoms with van der Waals surface area (Å²) in [5.74, 6) is -0.241. The van der Waals surface area contributed by atoms with Crippen molar-refractivity contribution in [2.75, 3.05) is 0 Å². The summed E-state index contributed by atoms with van der Waals surface area (Å²) in [5, 5.41) is 9.23. The fraction of sp³-hybridized carbons (Fsp3) is 0.0769. The number of carboxylic acids is 1. The number of hydrogen-bond donors (Lipinski definition) is 1. The van der Waals surface area contributed by atoms with Crippen LogP contribution >= 0.6 is 23.4 Å². The lowest BCUT2D eigenvalue weighted by Crippen LogP contribution is -1.97. The van der Waals surface area contributed by atoms with Crippen LogP contribution < -0.4 is 0 Å². The van der Waals surface area contributed by atoms with Crippen molar-refractivity contribution in [1.29, 1.82) is 0 Å². The summed E-state index contributed by atoms with van der Waals surface area (Å²) in [6, 6.07) is 8.89. The smallest absolute Gasteiger partial charge is 0.337 e. The molecule has 1 aromatic carbocycles. The topological polar surface area (TPSA) is 50.2 Å². The molecule has 0 aliphatic rings. The second-order valence-corrected chi connectivity index (χ2v) is 5.05. The fourth-order valence-corrected chi connectivity index (χ4v) is 2.49. The minimum Gasteiger partial charge on any atom is -0.478 e. The van der Waals surface area contributed by atoms with Crippen LogP contribution in [0.2, 0.25) is 5.02 Å². The van der Waals surface area contributed by atoms with Crippen molar-refractivity contribution in [2.45, 2.75) is 10.6 Å². The molecule has 0 atom stereocenters. The van der Waals surface area contributed by atoms with E-state index in [2.05, 4.69) is 4.98 Å². The van der Waals surface area contributed by atoms with Crippen molar-refractivity contribution < 1.29 is 9.90 Å². The highest BCUT2D eigenvalue weighted by atomic mass is 35.5. The first-order valence-electron chi connectivity index (χ1n) is 5.21. The monoisotopic (exact) mass is 279 g/mol. The molecule has 0 aliphatic heterocycles. The molecule has 1 N–H and O–H groups in total. The van der Waals surface area contributed by atoms with Gasteiger partial charge in [-0.3, -0.25) is 4.98 Å². The summed E-state index contributed by atoms with van der Waals surface area (Å²) < 4.78 is 0. The lowest BCUT2D eigenvalue weighted by molar-refractivity contribution is 0.0697. The summed E-state index contributed by atoms with van der Waals surface area (Å²) >= 11 is 7.37. The van der Waals surface area contributed by atoms with Gasteiger partial charge in [0.2, 0.25) is 0 Å². The Balaban J connectivity index is 2.11. The number of aromatic carboxylic acids is 1. The first-order chi connectivity index (χ1) is 8.66. The largest absolute Gasteiger partial charge is 0.478 e. The molecule has 3 nitrogen and oxygen atoms in total. The SMILES string of the molecule is O=C(O)c1cc(SCc2ccncc2)ccc1Cl. The highest BCUT2D eigenvalue weighted by Crippen LogP contribution is 2.27. The van der Waals surface area contributed by atoms with Crippen molar-refractivity contribution >= 4 is 29.3 Å². The molecule has 0 radical (unpaired) electrons. The number of rotatable bonds is 4. The molecule has 0 spiro atoms. The molecule has 2 rings (SSSR count). The number of thioether (sulfide) groups is 1. The molecule has 0 bridgehead atoms. The molecular formula is C13H10ClNO2S. The van der Waals surface area contributed by atoms with Crippen LogP contribution in [0.15, 0.2) is 47.6 Å². The second kappa shape index (κ2) is 5.89. The third-order valence-electron chi connectivity index (χ3n) is 2.32. The maximum Gasteiger partial charge on any atom is 0.337 e. The zero-order valence-electron chi connectivity index (χ0n) is 9.34. The molecule has 0 unspecified atom stereocenters. The van der Waals surface area contributed by atoms with Crippen molar-refractivity contribution in [3.05, 3.63) is 58.9 Å². The number of pyridine rings is 1. The summed E-state index contributed by atoms with van der Waals surface area (Å²) in [6.07, 6.45) is 3.47. The third kappa shape index (κ3) is 3.24. The zero-order valence-corrected chi connectivity index (χ0v) is 10.9. The van der Waals surface area contributed by atoms with Gasteiger partial charge in [-0.25, -0.2) is 4.79 Å². The van der Waals surface area contributed by atoms with Gasteiger partial charge in [-0.15, -0.1) is 11.8 Å². The van der Waals surface area contributed by atoms with Crippen molar-refractivity contribution in [2.24, 2.45) is 0 Å². The Bertz CT molecular complexity index is 560. The fourth-order valence-electron chi connectivity index (χ4n) is 1.40. The Labute approximate surface area is 114 Å². The van der Waals surface area contributed by atoms with Gasteiger partial charge in [-0.2, -0.15) is 0 Å². The predicted molar refractivity (Wildman–Crippen MR) is 72.2 cm³/mol. The highest BCUT2D eigenvalue weighted by Gasteiger charge is 2.09. The normalized spacial score (nSPS) is 10.3. The Morgan fingerprint density at radius 1 is 1.28 bits per heavy atom. The van der Waals surface area contributed by atoms with Gasteiger partial charge in [0.15, 0.2) is 0 Å². The van der Waals surface area contributed by atoms with Crippen LogP contribution in [-0.4, -0.2) is 16.1 Å². The molecule has 0 aliphatic carbocycles. The number of carboxylic acid groups (broad SMARTS) is 1. The van der Waals surface area contributed by atoms with E-state index in [1.165, 1.54) is 0 Å². The van der Waals surface area contributed by atoms with E-state index in [-0.39, 0.29) is 10.6 Å². The van der Waals surface area contributed by atoms with Crippen molar-refractivity contribution in [3.63, 3.8) is 0 Å². The summed E-state index contributed by atoms with van der Waals surface area (Å²) in [6.45, 7) is 0. The molecule has 2 aromatic rings. The lowest BCUT2D eigenvalue weighted by atomic mass is 10.2. The standard InChI is InChI=1S/C13H10ClNO2S/c14-12-2-1-10(7-11(12)13(16)17)18-8-9-3-5-15-6-4-9/h1-7H,8H2,(H,16,17). The zero-order chi connectivity index (χ0) is 13.0. The molecule has 1 aromatic heterocycles. The van der Waals surface area contributed by atoms with E-state index in [0.717, 1.165) is 16.2 Å². The van der Waals surface area contributed by atoms with Crippen LogP contribution in [0.5, 0.6) is 0 Å². The number of aromatic nitrogens is 1. The maximum absolute atomic E-state index is 10.9. The van der Waals surface area contributed by atoms with E-state index in [1.807, 2.05) is 18.2 Å². The van der Waals surface area contributed by atoms with E-state index in [9.17, 15) is 4.79 Å². The molecule has 18 heavy (non-hydrogen) atoms. The van der Waals surface area contributed by atoms with Crippen LogP contribution in [-0.2, 0) is 5.75 Å². The second-order valence-electron chi connectivity index (χ2n) is 3.59. The molecule has 0 saturated heterocycles. The summed E-state index contributed by atoms with van der Waals surface area (Å²) in [7, 11) is 0. The van der Waals surface area contributed by atoms with Crippen LogP contribution in [0.3, 0.4) is 0 Å². The Morgan fingerprint density at radius 2 is 2.00 bits per heavy atom. The first kappa shape index (κ1) is 12.9. The van der Waals surface area contributed by atoms with Crippen molar-refractivity contribution in [1.82, 2.24) is 4.98 Å². The van der Waals surface area contributed by atoms with Gasteiger partial charge in [0.25, 0.3) is 0 Å². The number of nitrogens with zero attached hydrogens (tertiary/aromatic N) is 1. The minimum absolute atomic E-state index is 0.136. The first-order valence-corrected chi connectivity index (χ1v) is 6.58. The Morgan fingerprint density at radius 3 is 2.67 bits per heavy atom. The van der Waals surface area contributed by atoms with Crippen LogP contribution in [0.1, 0.15) is 15.9 Å². The number of carbonyl (C=O) groups is 1. The molecule has 0 amide bonds. The number of hydrogen-bond acceptors (Lipinski definition) is 3. The maximum atomic E-state index is 10.9. The Hall–Kier alpha value is -1.52. The summed E-state index contributed by atoms with van der Waals surface area (Å²) in [4.78, 5) is 15.8. The van der Waals surface area contributed by atoms with Crippen molar-refractivity contribution in [3.8, 4) is 0 Å². The van der Waals surface area contributed by atoms with E-state index in [4.69, 9.17) is 16.7 Å². The highest BCUT2D eigenvalue weighted by molar-refractivity contribution is 7.98. The van der Waals surface area contributed by atoms with Gasteiger partial charge in [0, 0.05) is 23.0 Å². The molecule has 5 heteroatoms. The summed E-state index contributed by atoms with van der Waals surface area (Å²) in [5.41, 5.74) is 1.28. The predicted octanol–water partition coefficient (Wildman–Crippen LogP) is 3.73. The quantitative estimate of drug-likeness (QED) is 0.867. The van der Waals surface area contributed by atoms with E-state index in [0.29, 0.717) is 0 Å². The Kier molecular flexibility index (Phi) is 4.23.